The third-order valence-corrected chi connectivity index (χ3v) is 1.67. The summed E-state index contributed by atoms with van der Waals surface area (Å²) in [5, 5.41) is 8.55. The molecule has 0 radical (unpaired) electrons. The van der Waals surface area contributed by atoms with Crippen molar-refractivity contribution in [2.75, 3.05) is 5.73 Å². The van der Waals surface area contributed by atoms with Crippen LogP contribution in [0, 0.1) is 11.3 Å². The number of hydrogen-bond acceptors (Lipinski definition) is 4. The van der Waals surface area contributed by atoms with Gasteiger partial charge in [0.25, 0.3) is 12.3 Å². The SMILES string of the molecule is N#Cc1cc(C(N)=O)c(N)nc1C(F)F. The van der Waals surface area contributed by atoms with Crippen molar-refractivity contribution in [3.05, 3.63) is 22.9 Å². The van der Waals surface area contributed by atoms with Crippen LogP contribution in [0.4, 0.5) is 14.6 Å². The molecule has 0 aliphatic rings. The molecule has 0 saturated carbocycles. The number of hydrogen-bond donors (Lipinski definition) is 2. The molecule has 0 spiro atoms. The normalized spacial score (nSPS) is 10.0. The van der Waals surface area contributed by atoms with Crippen LogP contribution in [0.25, 0.3) is 0 Å². The second-order valence-electron chi connectivity index (χ2n) is 2.63. The van der Waals surface area contributed by atoms with E-state index in [4.69, 9.17) is 16.7 Å². The zero-order valence-corrected chi connectivity index (χ0v) is 7.37. The number of amides is 1. The second-order valence-corrected chi connectivity index (χ2v) is 2.63. The highest BCUT2D eigenvalue weighted by atomic mass is 19.3. The van der Waals surface area contributed by atoms with Crippen molar-refractivity contribution in [1.82, 2.24) is 4.98 Å². The highest BCUT2D eigenvalue weighted by molar-refractivity contribution is 5.97. The maximum absolute atomic E-state index is 12.3. The van der Waals surface area contributed by atoms with Crippen LogP contribution in [0.2, 0.25) is 0 Å². The summed E-state index contributed by atoms with van der Waals surface area (Å²) in [4.78, 5) is 14.0. The summed E-state index contributed by atoms with van der Waals surface area (Å²) in [5.41, 5.74) is 8.74. The molecule has 15 heavy (non-hydrogen) atoms. The van der Waals surface area contributed by atoms with Gasteiger partial charge in [0.05, 0.1) is 11.1 Å². The molecular weight excluding hydrogens is 206 g/mol. The Morgan fingerprint density at radius 3 is 2.60 bits per heavy atom. The minimum absolute atomic E-state index is 0.240. The Balaban J connectivity index is 3.44. The van der Waals surface area contributed by atoms with Crippen LogP contribution in [-0.2, 0) is 0 Å². The number of nitrogens with zero attached hydrogens (tertiary/aromatic N) is 2. The van der Waals surface area contributed by atoms with E-state index in [-0.39, 0.29) is 5.56 Å². The zero-order valence-electron chi connectivity index (χ0n) is 7.37. The maximum atomic E-state index is 12.3. The first-order valence-corrected chi connectivity index (χ1v) is 3.75. The molecule has 0 aromatic carbocycles. The van der Waals surface area contributed by atoms with Gasteiger partial charge in [-0.25, -0.2) is 13.8 Å². The Morgan fingerprint density at radius 1 is 1.60 bits per heavy atom. The number of nitrogens with two attached hydrogens (primary N) is 2. The lowest BCUT2D eigenvalue weighted by Gasteiger charge is -2.06. The molecule has 0 aliphatic carbocycles. The van der Waals surface area contributed by atoms with E-state index >= 15 is 0 Å². The lowest BCUT2D eigenvalue weighted by Crippen LogP contribution is -2.16. The fourth-order valence-electron chi connectivity index (χ4n) is 0.996. The summed E-state index contributed by atoms with van der Waals surface area (Å²) in [6, 6.07) is 2.40. The highest BCUT2D eigenvalue weighted by Crippen LogP contribution is 2.23. The van der Waals surface area contributed by atoms with Gasteiger partial charge in [-0.2, -0.15) is 5.26 Å². The van der Waals surface area contributed by atoms with E-state index in [1.807, 2.05) is 0 Å². The average Bonchev–Trinajstić information content (AvgIpc) is 2.16. The Morgan fingerprint density at radius 2 is 2.20 bits per heavy atom. The van der Waals surface area contributed by atoms with Gasteiger partial charge in [-0.1, -0.05) is 0 Å². The number of anilines is 1. The first-order chi connectivity index (χ1) is 6.97. The maximum Gasteiger partial charge on any atom is 0.281 e. The van der Waals surface area contributed by atoms with Gasteiger partial charge in [0.2, 0.25) is 0 Å². The average molecular weight is 212 g/mol. The summed E-state index contributed by atoms with van der Waals surface area (Å²) in [7, 11) is 0. The molecule has 0 unspecified atom stereocenters. The molecule has 0 atom stereocenters. The lowest BCUT2D eigenvalue weighted by molar-refractivity contribution is 0.1000. The second kappa shape index (κ2) is 3.88. The van der Waals surface area contributed by atoms with Crippen molar-refractivity contribution in [1.29, 1.82) is 5.26 Å². The minimum atomic E-state index is -2.93. The van der Waals surface area contributed by atoms with Gasteiger partial charge in [0, 0.05) is 0 Å². The molecule has 78 valence electrons. The summed E-state index contributed by atoms with van der Waals surface area (Å²) >= 11 is 0. The van der Waals surface area contributed by atoms with E-state index in [0.29, 0.717) is 0 Å². The fourth-order valence-corrected chi connectivity index (χ4v) is 0.996. The molecule has 0 aliphatic heterocycles. The number of carbonyl (C=O) groups is 1. The Hall–Kier alpha value is -2.23. The largest absolute Gasteiger partial charge is 0.383 e. The number of nitrogen functional groups attached to an aromatic ring is 1. The zero-order chi connectivity index (χ0) is 11.6. The lowest BCUT2D eigenvalue weighted by atomic mass is 10.1. The minimum Gasteiger partial charge on any atom is -0.383 e. The van der Waals surface area contributed by atoms with Crippen molar-refractivity contribution in [2.24, 2.45) is 5.73 Å². The summed E-state index contributed by atoms with van der Waals surface area (Å²) in [5.74, 6) is -1.32. The summed E-state index contributed by atoms with van der Waals surface area (Å²) in [6.45, 7) is 0. The van der Waals surface area contributed by atoms with E-state index in [1.54, 1.807) is 0 Å². The predicted octanol–water partition coefficient (Wildman–Crippen LogP) is 0.572. The topological polar surface area (TPSA) is 106 Å². The number of alkyl halides is 2. The van der Waals surface area contributed by atoms with E-state index < -0.39 is 29.4 Å². The van der Waals surface area contributed by atoms with Gasteiger partial charge in [-0.15, -0.1) is 0 Å². The van der Waals surface area contributed by atoms with Crippen molar-refractivity contribution in [2.45, 2.75) is 6.43 Å². The highest BCUT2D eigenvalue weighted by Gasteiger charge is 2.19. The van der Waals surface area contributed by atoms with Crippen LogP contribution in [0.3, 0.4) is 0 Å². The van der Waals surface area contributed by atoms with Gasteiger partial charge in [-0.3, -0.25) is 4.79 Å². The van der Waals surface area contributed by atoms with Gasteiger partial charge in [0.15, 0.2) is 0 Å². The van der Waals surface area contributed by atoms with Crippen LogP contribution in [0.1, 0.15) is 28.0 Å². The van der Waals surface area contributed by atoms with Crippen LogP contribution in [-0.4, -0.2) is 10.9 Å². The molecule has 1 aromatic rings. The van der Waals surface area contributed by atoms with Gasteiger partial charge >= 0.3 is 0 Å². The molecule has 1 heterocycles. The summed E-state index contributed by atoms with van der Waals surface area (Å²) in [6.07, 6.45) is -2.93. The number of aromatic nitrogens is 1. The molecule has 0 saturated heterocycles. The van der Waals surface area contributed by atoms with Crippen LogP contribution < -0.4 is 11.5 Å². The first kappa shape index (κ1) is 10.8. The van der Waals surface area contributed by atoms with Gasteiger partial charge < -0.3 is 11.5 Å². The predicted molar refractivity (Wildman–Crippen MR) is 46.8 cm³/mol. The van der Waals surface area contributed by atoms with Crippen molar-refractivity contribution in [3.8, 4) is 6.07 Å². The third-order valence-electron chi connectivity index (χ3n) is 1.67. The first-order valence-electron chi connectivity index (χ1n) is 3.75. The van der Waals surface area contributed by atoms with Crippen LogP contribution >= 0.6 is 0 Å². The standard InChI is InChI=1S/C8H6F2N4O/c9-6(10)5-3(2-11)1-4(8(13)15)7(12)14-5/h1,6H,(H2,12,14)(H2,13,15). The number of carbonyl (C=O) groups excluding carboxylic acids is 1. The summed E-state index contributed by atoms with van der Waals surface area (Å²) < 4.78 is 24.7. The Labute approximate surface area is 83.3 Å². The molecular formula is C8H6F2N4O. The number of nitriles is 1. The van der Waals surface area contributed by atoms with Crippen molar-refractivity contribution >= 4 is 11.7 Å². The number of pyridine rings is 1. The van der Waals surface area contributed by atoms with Gasteiger partial charge in [0.1, 0.15) is 17.6 Å². The Kier molecular flexibility index (Phi) is 2.80. The quantitative estimate of drug-likeness (QED) is 0.747. The smallest absolute Gasteiger partial charge is 0.281 e. The van der Waals surface area contributed by atoms with Crippen molar-refractivity contribution in [3.63, 3.8) is 0 Å². The van der Waals surface area contributed by atoms with Gasteiger partial charge in [-0.05, 0) is 6.07 Å². The molecule has 1 aromatic heterocycles. The van der Waals surface area contributed by atoms with Crippen LogP contribution in [0.5, 0.6) is 0 Å². The molecule has 5 nitrogen and oxygen atoms in total. The molecule has 0 fully saturated rings. The van der Waals surface area contributed by atoms with E-state index in [0.717, 1.165) is 6.07 Å². The molecule has 1 amide bonds. The molecule has 0 bridgehead atoms. The monoisotopic (exact) mass is 212 g/mol. The number of halogens is 2. The van der Waals surface area contributed by atoms with E-state index in [9.17, 15) is 13.6 Å². The van der Waals surface area contributed by atoms with Crippen molar-refractivity contribution < 1.29 is 13.6 Å². The molecule has 1 rings (SSSR count). The fraction of sp³-hybridized carbons (Fsp3) is 0.125. The Bertz CT molecular complexity index is 453. The van der Waals surface area contributed by atoms with E-state index in [1.165, 1.54) is 6.07 Å². The number of rotatable bonds is 2. The molecule has 4 N–H and O–H groups in total. The number of primary amides is 1. The molecule has 7 heteroatoms. The van der Waals surface area contributed by atoms with E-state index in [2.05, 4.69) is 4.98 Å². The van der Waals surface area contributed by atoms with Crippen LogP contribution in [0.15, 0.2) is 6.07 Å². The third kappa shape index (κ3) is 1.99.